The molecule has 4 heteroatoms. The minimum atomic E-state index is 0.547. The molecule has 1 aromatic carbocycles. The largest absolute Gasteiger partial charge is 0.355 e. The molecule has 0 amide bonds. The maximum absolute atomic E-state index is 4.76. The lowest BCUT2D eigenvalue weighted by Crippen LogP contribution is -2.43. The summed E-state index contributed by atoms with van der Waals surface area (Å²) < 4.78 is 0. The molecule has 3 rings (SSSR count). The summed E-state index contributed by atoms with van der Waals surface area (Å²) in [6.45, 7) is 4.41. The molecular formula is C16H22N4. The fourth-order valence-electron chi connectivity index (χ4n) is 2.96. The number of aromatic nitrogens is 2. The second kappa shape index (κ2) is 5.75. The van der Waals surface area contributed by atoms with Crippen LogP contribution >= 0.6 is 0 Å². The van der Waals surface area contributed by atoms with Crippen LogP contribution in [-0.4, -0.2) is 36.1 Å². The molecule has 0 spiro atoms. The Hall–Kier alpha value is -1.68. The van der Waals surface area contributed by atoms with Crippen molar-refractivity contribution in [3.8, 4) is 0 Å². The summed E-state index contributed by atoms with van der Waals surface area (Å²) >= 11 is 0. The fraction of sp³-hybridized carbons (Fsp3) is 0.500. The summed E-state index contributed by atoms with van der Waals surface area (Å²) in [6.07, 6.45) is 4.43. The van der Waals surface area contributed by atoms with Crippen LogP contribution in [0.2, 0.25) is 0 Å². The Kier molecular flexibility index (Phi) is 3.83. The van der Waals surface area contributed by atoms with Crippen molar-refractivity contribution < 1.29 is 0 Å². The highest BCUT2D eigenvalue weighted by molar-refractivity contribution is 5.75. The molecule has 1 aromatic heterocycles. The zero-order valence-corrected chi connectivity index (χ0v) is 12.2. The Morgan fingerprint density at radius 2 is 2.10 bits per heavy atom. The molecule has 106 valence electrons. The molecule has 1 fully saturated rings. The average Bonchev–Trinajstić information content (AvgIpc) is 2.53. The molecule has 0 radical (unpaired) electrons. The van der Waals surface area contributed by atoms with Gasteiger partial charge in [0.2, 0.25) is 0 Å². The highest BCUT2D eigenvalue weighted by Gasteiger charge is 2.24. The second-order valence-corrected chi connectivity index (χ2v) is 5.64. The highest BCUT2D eigenvalue weighted by atomic mass is 15.2. The van der Waals surface area contributed by atoms with Crippen molar-refractivity contribution in [2.45, 2.75) is 25.8 Å². The quantitative estimate of drug-likeness (QED) is 0.930. The predicted octanol–water partition coefficient (Wildman–Crippen LogP) is 2.45. The Morgan fingerprint density at radius 1 is 1.30 bits per heavy atom. The van der Waals surface area contributed by atoms with Crippen LogP contribution in [0.4, 0.5) is 5.82 Å². The molecule has 0 bridgehead atoms. The summed E-state index contributed by atoms with van der Waals surface area (Å²) in [5.74, 6) is 1.69. The van der Waals surface area contributed by atoms with E-state index in [9.17, 15) is 0 Å². The van der Waals surface area contributed by atoms with E-state index in [-0.39, 0.29) is 0 Å². The number of fused-ring (bicyclic) bond motifs is 1. The molecule has 1 N–H and O–H groups in total. The van der Waals surface area contributed by atoms with E-state index in [4.69, 9.17) is 4.98 Å². The molecule has 0 saturated carbocycles. The Labute approximate surface area is 120 Å². The van der Waals surface area contributed by atoms with Crippen LogP contribution in [0.15, 0.2) is 30.5 Å². The Morgan fingerprint density at radius 3 is 2.90 bits per heavy atom. The number of para-hydroxylation sites is 2. The van der Waals surface area contributed by atoms with Gasteiger partial charge in [-0.1, -0.05) is 12.1 Å². The van der Waals surface area contributed by atoms with E-state index in [1.165, 1.54) is 12.8 Å². The lowest BCUT2D eigenvalue weighted by Gasteiger charge is -2.36. The highest BCUT2D eigenvalue weighted by Crippen LogP contribution is 2.24. The van der Waals surface area contributed by atoms with E-state index in [0.717, 1.165) is 29.9 Å². The molecule has 4 nitrogen and oxygen atoms in total. The van der Waals surface area contributed by atoms with Crippen LogP contribution in [0.3, 0.4) is 0 Å². The van der Waals surface area contributed by atoms with Gasteiger partial charge < -0.3 is 10.2 Å². The molecule has 2 atom stereocenters. The summed E-state index contributed by atoms with van der Waals surface area (Å²) in [7, 11) is 2.04. The first-order valence-electron chi connectivity index (χ1n) is 7.42. The number of anilines is 1. The van der Waals surface area contributed by atoms with E-state index in [1.807, 2.05) is 37.5 Å². The minimum absolute atomic E-state index is 0.547. The van der Waals surface area contributed by atoms with Gasteiger partial charge in [0.05, 0.1) is 17.2 Å². The zero-order valence-electron chi connectivity index (χ0n) is 12.2. The number of nitrogens with one attached hydrogen (secondary N) is 1. The summed E-state index contributed by atoms with van der Waals surface area (Å²) in [6, 6.07) is 8.61. The third kappa shape index (κ3) is 2.61. The van der Waals surface area contributed by atoms with Gasteiger partial charge in [-0.25, -0.2) is 4.98 Å². The van der Waals surface area contributed by atoms with Crippen LogP contribution in [0.5, 0.6) is 0 Å². The van der Waals surface area contributed by atoms with Crippen LogP contribution in [0, 0.1) is 5.92 Å². The van der Waals surface area contributed by atoms with E-state index in [1.54, 1.807) is 0 Å². The number of hydrogen-bond donors (Lipinski definition) is 1. The van der Waals surface area contributed by atoms with Crippen LogP contribution < -0.4 is 10.2 Å². The summed E-state index contributed by atoms with van der Waals surface area (Å²) in [4.78, 5) is 11.7. The summed E-state index contributed by atoms with van der Waals surface area (Å²) in [5, 5.41) is 3.37. The van der Waals surface area contributed by atoms with Gasteiger partial charge in [-0.05, 0) is 44.9 Å². The minimum Gasteiger partial charge on any atom is -0.355 e. The number of piperidine rings is 1. The van der Waals surface area contributed by atoms with Gasteiger partial charge in [0.15, 0.2) is 0 Å². The van der Waals surface area contributed by atoms with Crippen molar-refractivity contribution in [3.63, 3.8) is 0 Å². The van der Waals surface area contributed by atoms with Gasteiger partial charge in [-0.15, -0.1) is 0 Å². The van der Waals surface area contributed by atoms with E-state index < -0.39 is 0 Å². The predicted molar refractivity (Wildman–Crippen MR) is 83.0 cm³/mol. The van der Waals surface area contributed by atoms with Crippen molar-refractivity contribution >= 4 is 16.9 Å². The lowest BCUT2D eigenvalue weighted by atomic mass is 9.92. The van der Waals surface area contributed by atoms with E-state index in [0.29, 0.717) is 12.0 Å². The van der Waals surface area contributed by atoms with Gasteiger partial charge in [0.25, 0.3) is 0 Å². The molecule has 0 aliphatic carbocycles. The second-order valence-electron chi connectivity index (χ2n) is 5.64. The smallest absolute Gasteiger partial charge is 0.147 e. The normalized spacial score (nSPS) is 21.1. The molecule has 2 aromatic rings. The van der Waals surface area contributed by atoms with E-state index >= 15 is 0 Å². The molecule has 1 aliphatic heterocycles. The van der Waals surface area contributed by atoms with Crippen LogP contribution in [0.1, 0.15) is 19.8 Å². The van der Waals surface area contributed by atoms with Gasteiger partial charge in [0, 0.05) is 19.1 Å². The molecule has 2 unspecified atom stereocenters. The number of hydrogen-bond acceptors (Lipinski definition) is 4. The summed E-state index contributed by atoms with van der Waals surface area (Å²) in [5.41, 5.74) is 1.95. The van der Waals surface area contributed by atoms with Gasteiger partial charge in [-0.3, -0.25) is 4.98 Å². The maximum atomic E-state index is 4.76. The molecule has 1 saturated heterocycles. The van der Waals surface area contributed by atoms with E-state index in [2.05, 4.69) is 22.1 Å². The van der Waals surface area contributed by atoms with Crippen molar-refractivity contribution in [2.24, 2.45) is 5.92 Å². The Bertz CT molecular complexity index is 583. The van der Waals surface area contributed by atoms with Crippen LogP contribution in [-0.2, 0) is 0 Å². The van der Waals surface area contributed by atoms with Gasteiger partial charge >= 0.3 is 0 Å². The number of nitrogens with zero attached hydrogens (tertiary/aromatic N) is 3. The standard InChI is InChI=1S/C16H22N4/c1-12(17-2)13-6-5-9-20(11-13)16-10-18-14-7-3-4-8-15(14)19-16/h3-4,7-8,10,12-13,17H,5-6,9,11H2,1-2H3. The fourth-order valence-corrected chi connectivity index (χ4v) is 2.96. The first-order valence-corrected chi connectivity index (χ1v) is 7.42. The monoisotopic (exact) mass is 270 g/mol. The molecular weight excluding hydrogens is 248 g/mol. The van der Waals surface area contributed by atoms with Crippen molar-refractivity contribution in [1.82, 2.24) is 15.3 Å². The third-order valence-corrected chi connectivity index (χ3v) is 4.38. The van der Waals surface area contributed by atoms with Crippen molar-refractivity contribution in [2.75, 3.05) is 25.0 Å². The van der Waals surface area contributed by atoms with Crippen molar-refractivity contribution in [1.29, 1.82) is 0 Å². The topological polar surface area (TPSA) is 41.0 Å². The SMILES string of the molecule is CNC(C)C1CCCN(c2cnc3ccccc3n2)C1. The molecule has 20 heavy (non-hydrogen) atoms. The van der Waals surface area contributed by atoms with Gasteiger partial charge in [0.1, 0.15) is 5.82 Å². The average molecular weight is 270 g/mol. The molecule has 1 aliphatic rings. The number of benzene rings is 1. The van der Waals surface area contributed by atoms with Crippen molar-refractivity contribution in [3.05, 3.63) is 30.5 Å². The first kappa shape index (κ1) is 13.3. The Balaban J connectivity index is 1.83. The molecule has 2 heterocycles. The zero-order chi connectivity index (χ0) is 13.9. The van der Waals surface area contributed by atoms with Crippen LogP contribution in [0.25, 0.3) is 11.0 Å². The number of rotatable bonds is 3. The third-order valence-electron chi connectivity index (χ3n) is 4.38. The van der Waals surface area contributed by atoms with Gasteiger partial charge in [-0.2, -0.15) is 0 Å². The first-order chi connectivity index (χ1) is 9.78. The maximum Gasteiger partial charge on any atom is 0.147 e. The lowest BCUT2D eigenvalue weighted by molar-refractivity contribution is 0.332.